The number of terminal acetylenes is 1. The third kappa shape index (κ3) is 5.60. The smallest absolute Gasteiger partial charge is 0.316 e. The molecule has 3 heteroatoms. The van der Waals surface area contributed by atoms with Crippen LogP contribution in [0.5, 0.6) is 0 Å². The molecule has 12 heavy (non-hydrogen) atoms. The molecule has 3 nitrogen and oxygen atoms in total. The molecule has 0 aliphatic heterocycles. The molecule has 0 aliphatic rings. The van der Waals surface area contributed by atoms with Gasteiger partial charge in [-0.2, -0.15) is 0 Å². The van der Waals surface area contributed by atoms with E-state index in [2.05, 4.69) is 11.2 Å². The van der Waals surface area contributed by atoms with Crippen molar-refractivity contribution in [2.24, 2.45) is 0 Å². The Kier molecular flexibility index (Phi) is 5.90. The Bertz CT molecular complexity index is 170. The molecule has 0 radical (unpaired) electrons. The lowest BCUT2D eigenvalue weighted by Gasteiger charge is -2.11. The van der Waals surface area contributed by atoms with Crippen molar-refractivity contribution in [3.05, 3.63) is 0 Å². The van der Waals surface area contributed by atoms with E-state index in [0.29, 0.717) is 6.54 Å². The predicted octanol–water partition coefficient (Wildman–Crippen LogP) is 1.06. The lowest BCUT2D eigenvalue weighted by Crippen LogP contribution is -2.34. The summed E-state index contributed by atoms with van der Waals surface area (Å²) in [6.45, 7) is 0.707. The number of urea groups is 1. The van der Waals surface area contributed by atoms with E-state index in [1.807, 2.05) is 0 Å². The van der Waals surface area contributed by atoms with Crippen molar-refractivity contribution in [3.8, 4) is 12.3 Å². The first-order valence-corrected chi connectivity index (χ1v) is 4.07. The standard InChI is InChI=1S/C9H16N2O/c1-4-5-6-7-8-10-9(12)11(2)3/h1H,5-8H2,2-3H3,(H,10,12). The molecule has 0 aliphatic carbocycles. The van der Waals surface area contributed by atoms with E-state index in [9.17, 15) is 4.79 Å². The number of amides is 2. The van der Waals surface area contributed by atoms with Crippen molar-refractivity contribution in [2.45, 2.75) is 19.3 Å². The van der Waals surface area contributed by atoms with Gasteiger partial charge in [-0.25, -0.2) is 4.79 Å². The Hall–Kier alpha value is -1.17. The normalized spacial score (nSPS) is 8.75. The Balaban J connectivity index is 3.21. The molecule has 0 aromatic heterocycles. The molecule has 0 heterocycles. The summed E-state index contributed by atoms with van der Waals surface area (Å²) >= 11 is 0. The Labute approximate surface area is 74.1 Å². The maximum Gasteiger partial charge on any atom is 0.316 e. The van der Waals surface area contributed by atoms with Crippen LogP contribution >= 0.6 is 0 Å². The predicted molar refractivity (Wildman–Crippen MR) is 49.8 cm³/mol. The maximum absolute atomic E-state index is 11.0. The quantitative estimate of drug-likeness (QED) is 0.494. The summed E-state index contributed by atoms with van der Waals surface area (Å²) in [7, 11) is 3.44. The SMILES string of the molecule is C#CCCCCNC(=O)N(C)C. The minimum absolute atomic E-state index is 0.0456. The van der Waals surface area contributed by atoms with Crippen molar-refractivity contribution < 1.29 is 4.79 Å². The van der Waals surface area contributed by atoms with Gasteiger partial charge < -0.3 is 10.2 Å². The van der Waals surface area contributed by atoms with Crippen LogP contribution in [-0.4, -0.2) is 31.6 Å². The Morgan fingerprint density at radius 3 is 2.67 bits per heavy atom. The van der Waals surface area contributed by atoms with Gasteiger partial charge in [-0.05, 0) is 12.8 Å². The molecule has 0 spiro atoms. The second-order valence-corrected chi connectivity index (χ2v) is 2.79. The summed E-state index contributed by atoms with van der Waals surface area (Å²) < 4.78 is 0. The summed E-state index contributed by atoms with van der Waals surface area (Å²) in [5.41, 5.74) is 0. The maximum atomic E-state index is 11.0. The lowest BCUT2D eigenvalue weighted by atomic mass is 10.2. The molecular weight excluding hydrogens is 152 g/mol. The van der Waals surface area contributed by atoms with E-state index in [4.69, 9.17) is 6.42 Å². The van der Waals surface area contributed by atoms with Crippen LogP contribution in [0.25, 0.3) is 0 Å². The van der Waals surface area contributed by atoms with Crippen LogP contribution in [0, 0.1) is 12.3 Å². The zero-order valence-electron chi connectivity index (χ0n) is 7.76. The lowest BCUT2D eigenvalue weighted by molar-refractivity contribution is 0.217. The minimum atomic E-state index is -0.0456. The first-order chi connectivity index (χ1) is 5.68. The summed E-state index contributed by atoms with van der Waals surface area (Å²) in [5.74, 6) is 2.56. The molecule has 0 saturated carbocycles. The number of nitrogens with one attached hydrogen (secondary N) is 1. The fourth-order valence-corrected chi connectivity index (χ4v) is 0.705. The topological polar surface area (TPSA) is 32.3 Å². The van der Waals surface area contributed by atoms with Gasteiger partial charge in [0.05, 0.1) is 0 Å². The zero-order valence-corrected chi connectivity index (χ0v) is 7.76. The van der Waals surface area contributed by atoms with Gasteiger partial charge in [0.25, 0.3) is 0 Å². The third-order valence-corrected chi connectivity index (χ3v) is 1.43. The molecule has 0 rings (SSSR count). The highest BCUT2D eigenvalue weighted by atomic mass is 16.2. The van der Waals surface area contributed by atoms with Crippen LogP contribution in [0.15, 0.2) is 0 Å². The van der Waals surface area contributed by atoms with Crippen LogP contribution < -0.4 is 5.32 Å². The molecule has 0 atom stereocenters. The minimum Gasteiger partial charge on any atom is -0.338 e. The van der Waals surface area contributed by atoms with E-state index in [1.165, 1.54) is 4.90 Å². The zero-order chi connectivity index (χ0) is 9.40. The van der Waals surface area contributed by atoms with Crippen molar-refractivity contribution >= 4 is 6.03 Å². The summed E-state index contributed by atoms with van der Waals surface area (Å²) in [6.07, 6.45) is 7.79. The van der Waals surface area contributed by atoms with Gasteiger partial charge in [0.2, 0.25) is 0 Å². The van der Waals surface area contributed by atoms with Gasteiger partial charge in [-0.15, -0.1) is 12.3 Å². The molecule has 0 fully saturated rings. The van der Waals surface area contributed by atoms with Gasteiger partial charge in [0, 0.05) is 27.1 Å². The van der Waals surface area contributed by atoms with Crippen LogP contribution in [0.4, 0.5) is 4.79 Å². The average Bonchev–Trinajstić information content (AvgIpc) is 2.03. The molecule has 0 aromatic carbocycles. The van der Waals surface area contributed by atoms with Gasteiger partial charge in [0.1, 0.15) is 0 Å². The first kappa shape index (κ1) is 10.8. The fraction of sp³-hybridized carbons (Fsp3) is 0.667. The summed E-state index contributed by atoms with van der Waals surface area (Å²) in [4.78, 5) is 12.5. The van der Waals surface area contributed by atoms with Gasteiger partial charge in [0.15, 0.2) is 0 Å². The summed E-state index contributed by atoms with van der Waals surface area (Å²) in [6, 6.07) is -0.0456. The molecule has 0 aromatic rings. The number of hydrogen-bond acceptors (Lipinski definition) is 1. The average molecular weight is 168 g/mol. The molecular formula is C9H16N2O. The van der Waals surface area contributed by atoms with E-state index in [0.717, 1.165) is 19.3 Å². The number of nitrogens with zero attached hydrogens (tertiary/aromatic N) is 1. The van der Waals surface area contributed by atoms with E-state index >= 15 is 0 Å². The van der Waals surface area contributed by atoms with Gasteiger partial charge in [-0.1, -0.05) is 0 Å². The highest BCUT2D eigenvalue weighted by Gasteiger charge is 1.99. The number of carbonyl (C=O) groups excluding carboxylic acids is 1. The van der Waals surface area contributed by atoms with Crippen LogP contribution in [0.2, 0.25) is 0 Å². The van der Waals surface area contributed by atoms with Crippen molar-refractivity contribution in [1.29, 1.82) is 0 Å². The number of unbranched alkanes of at least 4 members (excludes halogenated alkanes) is 2. The molecule has 2 amide bonds. The first-order valence-electron chi connectivity index (χ1n) is 4.07. The van der Waals surface area contributed by atoms with Crippen LogP contribution in [0.3, 0.4) is 0 Å². The highest BCUT2D eigenvalue weighted by Crippen LogP contribution is 1.91. The van der Waals surface area contributed by atoms with Crippen LogP contribution in [0.1, 0.15) is 19.3 Å². The van der Waals surface area contributed by atoms with Crippen LogP contribution in [-0.2, 0) is 0 Å². The molecule has 0 bridgehead atoms. The van der Waals surface area contributed by atoms with Crippen molar-refractivity contribution in [3.63, 3.8) is 0 Å². The van der Waals surface area contributed by atoms with Crippen molar-refractivity contribution in [2.75, 3.05) is 20.6 Å². The van der Waals surface area contributed by atoms with Gasteiger partial charge in [-0.3, -0.25) is 0 Å². The highest BCUT2D eigenvalue weighted by molar-refractivity contribution is 5.73. The number of carbonyl (C=O) groups is 1. The largest absolute Gasteiger partial charge is 0.338 e. The Morgan fingerprint density at radius 2 is 2.17 bits per heavy atom. The molecule has 0 saturated heterocycles. The number of hydrogen-bond donors (Lipinski definition) is 1. The summed E-state index contributed by atoms with van der Waals surface area (Å²) in [5, 5.41) is 2.76. The third-order valence-electron chi connectivity index (χ3n) is 1.43. The molecule has 1 N–H and O–H groups in total. The van der Waals surface area contributed by atoms with E-state index in [1.54, 1.807) is 14.1 Å². The molecule has 68 valence electrons. The number of rotatable bonds is 4. The Morgan fingerprint density at radius 1 is 1.50 bits per heavy atom. The van der Waals surface area contributed by atoms with E-state index in [-0.39, 0.29) is 6.03 Å². The van der Waals surface area contributed by atoms with Crippen molar-refractivity contribution in [1.82, 2.24) is 10.2 Å². The fourth-order valence-electron chi connectivity index (χ4n) is 0.705. The van der Waals surface area contributed by atoms with Gasteiger partial charge >= 0.3 is 6.03 Å². The van der Waals surface area contributed by atoms with E-state index < -0.39 is 0 Å². The monoisotopic (exact) mass is 168 g/mol. The molecule has 0 unspecified atom stereocenters. The second kappa shape index (κ2) is 6.53. The second-order valence-electron chi connectivity index (χ2n) is 2.79.